The van der Waals surface area contributed by atoms with E-state index in [0.717, 1.165) is 47.5 Å². The van der Waals surface area contributed by atoms with Gasteiger partial charge in [0.25, 0.3) is 10.0 Å². The van der Waals surface area contributed by atoms with Crippen molar-refractivity contribution in [2.45, 2.75) is 69.5 Å². The predicted octanol–water partition coefficient (Wildman–Crippen LogP) is 5.71. The molecule has 0 heterocycles. The van der Waals surface area contributed by atoms with Crippen LogP contribution in [0, 0.1) is 6.92 Å². The molecule has 1 N–H and O–H groups in total. The first kappa shape index (κ1) is 29.6. The number of hydrogen-bond acceptors (Lipinski definition) is 4. The predicted molar refractivity (Wildman–Crippen MR) is 159 cm³/mol. The molecule has 0 aliphatic heterocycles. The van der Waals surface area contributed by atoms with Gasteiger partial charge >= 0.3 is 0 Å². The molecule has 1 saturated carbocycles. The molecule has 0 unspecified atom stereocenters. The number of amides is 2. The van der Waals surface area contributed by atoms with E-state index in [0.29, 0.717) is 5.02 Å². The van der Waals surface area contributed by atoms with Gasteiger partial charge in [0.05, 0.1) is 10.6 Å². The molecular weight excluding hydrogens is 546 g/mol. The van der Waals surface area contributed by atoms with Crippen LogP contribution in [-0.4, -0.2) is 43.8 Å². The fraction of sp³-hybridized carbons (Fsp3) is 0.355. The molecule has 4 rings (SSSR count). The van der Waals surface area contributed by atoms with Crippen LogP contribution < -0.4 is 9.62 Å². The number of sulfonamides is 1. The zero-order valence-corrected chi connectivity index (χ0v) is 24.5. The van der Waals surface area contributed by atoms with Gasteiger partial charge in [-0.05, 0) is 62.6 Å². The Kier molecular flexibility index (Phi) is 9.87. The molecule has 1 aliphatic carbocycles. The zero-order valence-electron chi connectivity index (χ0n) is 22.9. The van der Waals surface area contributed by atoms with Crippen molar-refractivity contribution in [2.24, 2.45) is 0 Å². The van der Waals surface area contributed by atoms with Gasteiger partial charge in [0.1, 0.15) is 12.6 Å². The summed E-state index contributed by atoms with van der Waals surface area (Å²) in [7, 11) is -4.13. The van der Waals surface area contributed by atoms with Gasteiger partial charge in [0.15, 0.2) is 0 Å². The number of nitrogens with one attached hydrogen (secondary N) is 1. The lowest BCUT2D eigenvalue weighted by Gasteiger charge is -2.33. The minimum Gasteiger partial charge on any atom is -0.352 e. The quantitative estimate of drug-likeness (QED) is 0.332. The standard InChI is InChI=1S/C31H36ClN3O4S/c1-23-16-18-29(19-17-23)40(38,39)35(28-15-9-12-26(32)20-28)22-30(36)34(21-25-10-5-3-6-11-25)24(2)31(37)33-27-13-7-4-8-14-27/h3,5-6,9-12,15-20,24,27H,4,7-8,13-14,21-22H2,1-2H3,(H,33,37)/t24-/m1/s1. The molecule has 1 aliphatic rings. The average Bonchev–Trinajstić information content (AvgIpc) is 2.95. The second-order valence-electron chi connectivity index (χ2n) is 10.3. The van der Waals surface area contributed by atoms with Crippen LogP contribution in [0.3, 0.4) is 0 Å². The van der Waals surface area contributed by atoms with Gasteiger partial charge in [-0.2, -0.15) is 0 Å². The molecule has 0 saturated heterocycles. The normalized spacial score (nSPS) is 14.8. The Morgan fingerprint density at radius 1 is 0.950 bits per heavy atom. The summed E-state index contributed by atoms with van der Waals surface area (Å²) in [5.41, 5.74) is 2.01. The van der Waals surface area contributed by atoms with Crippen molar-refractivity contribution in [3.8, 4) is 0 Å². The molecule has 40 heavy (non-hydrogen) atoms. The fourth-order valence-corrected chi connectivity index (χ4v) is 6.52. The first-order chi connectivity index (χ1) is 19.1. The largest absolute Gasteiger partial charge is 0.352 e. The van der Waals surface area contributed by atoms with Gasteiger partial charge in [0.2, 0.25) is 11.8 Å². The lowest BCUT2D eigenvalue weighted by Crippen LogP contribution is -2.53. The van der Waals surface area contributed by atoms with Crippen LogP contribution in [0.5, 0.6) is 0 Å². The zero-order chi connectivity index (χ0) is 28.7. The minimum absolute atomic E-state index is 0.0589. The number of nitrogens with zero attached hydrogens (tertiary/aromatic N) is 2. The Morgan fingerprint density at radius 2 is 1.62 bits per heavy atom. The molecule has 2 amide bonds. The van der Waals surface area contributed by atoms with E-state index in [1.807, 2.05) is 37.3 Å². The van der Waals surface area contributed by atoms with Gasteiger partial charge in [-0.3, -0.25) is 13.9 Å². The van der Waals surface area contributed by atoms with Crippen molar-refractivity contribution in [1.29, 1.82) is 0 Å². The maximum atomic E-state index is 14.0. The Bertz CT molecular complexity index is 1410. The van der Waals surface area contributed by atoms with E-state index < -0.39 is 28.5 Å². The van der Waals surface area contributed by atoms with Crippen molar-refractivity contribution in [1.82, 2.24) is 10.2 Å². The van der Waals surface area contributed by atoms with Crippen LogP contribution in [-0.2, 0) is 26.2 Å². The summed E-state index contributed by atoms with van der Waals surface area (Å²) in [5, 5.41) is 3.45. The molecule has 212 valence electrons. The maximum Gasteiger partial charge on any atom is 0.264 e. The summed E-state index contributed by atoms with van der Waals surface area (Å²) in [6.07, 6.45) is 5.13. The molecule has 0 spiro atoms. The maximum absolute atomic E-state index is 14.0. The van der Waals surface area contributed by atoms with E-state index in [1.165, 1.54) is 23.1 Å². The van der Waals surface area contributed by atoms with E-state index >= 15 is 0 Å². The molecule has 7 nitrogen and oxygen atoms in total. The van der Waals surface area contributed by atoms with Crippen molar-refractivity contribution in [3.63, 3.8) is 0 Å². The average molecular weight is 582 g/mol. The van der Waals surface area contributed by atoms with E-state index in [-0.39, 0.29) is 29.1 Å². The fourth-order valence-electron chi connectivity index (χ4n) is 4.93. The number of rotatable bonds is 10. The van der Waals surface area contributed by atoms with E-state index in [1.54, 1.807) is 37.3 Å². The van der Waals surface area contributed by atoms with Crippen LogP contribution in [0.25, 0.3) is 0 Å². The second-order valence-corrected chi connectivity index (χ2v) is 12.6. The van der Waals surface area contributed by atoms with E-state index in [4.69, 9.17) is 11.6 Å². The van der Waals surface area contributed by atoms with Gasteiger partial charge in [-0.15, -0.1) is 0 Å². The Labute approximate surface area is 242 Å². The minimum atomic E-state index is -4.13. The Morgan fingerprint density at radius 3 is 2.27 bits per heavy atom. The summed E-state index contributed by atoms with van der Waals surface area (Å²) in [4.78, 5) is 28.9. The third-order valence-electron chi connectivity index (χ3n) is 7.30. The van der Waals surface area contributed by atoms with Crippen LogP contribution >= 0.6 is 11.6 Å². The van der Waals surface area contributed by atoms with Crippen molar-refractivity contribution < 1.29 is 18.0 Å². The van der Waals surface area contributed by atoms with Gasteiger partial charge in [-0.25, -0.2) is 8.42 Å². The summed E-state index contributed by atoms with van der Waals surface area (Å²) in [6, 6.07) is 21.5. The number of aryl methyl sites for hydroxylation is 1. The number of halogens is 1. The number of carbonyl (C=O) groups is 2. The third-order valence-corrected chi connectivity index (χ3v) is 9.32. The summed E-state index contributed by atoms with van der Waals surface area (Å²) < 4.78 is 28.8. The lowest BCUT2D eigenvalue weighted by atomic mass is 9.95. The van der Waals surface area contributed by atoms with Gasteiger partial charge in [0, 0.05) is 17.6 Å². The first-order valence-electron chi connectivity index (χ1n) is 13.6. The van der Waals surface area contributed by atoms with E-state index in [2.05, 4.69) is 5.32 Å². The van der Waals surface area contributed by atoms with E-state index in [9.17, 15) is 18.0 Å². The van der Waals surface area contributed by atoms with Crippen LogP contribution in [0.1, 0.15) is 50.2 Å². The molecule has 1 fully saturated rings. The Hall–Kier alpha value is -3.36. The number of benzene rings is 3. The second kappa shape index (κ2) is 13.3. The number of hydrogen-bond donors (Lipinski definition) is 1. The Balaban J connectivity index is 1.66. The highest BCUT2D eigenvalue weighted by Gasteiger charge is 2.33. The highest BCUT2D eigenvalue weighted by Crippen LogP contribution is 2.27. The molecular formula is C31H36ClN3O4S. The van der Waals surface area contributed by atoms with Crippen LogP contribution in [0.15, 0.2) is 83.8 Å². The van der Waals surface area contributed by atoms with Crippen molar-refractivity contribution >= 4 is 39.1 Å². The number of carbonyl (C=O) groups excluding carboxylic acids is 2. The SMILES string of the molecule is Cc1ccc(S(=O)(=O)N(CC(=O)N(Cc2ccccc2)[C@H](C)C(=O)NC2CCCCC2)c2cccc(Cl)c2)cc1. The van der Waals surface area contributed by atoms with Crippen molar-refractivity contribution in [2.75, 3.05) is 10.8 Å². The molecule has 0 radical (unpaired) electrons. The summed E-state index contributed by atoms with van der Waals surface area (Å²) in [5.74, 6) is -0.738. The monoisotopic (exact) mass is 581 g/mol. The third kappa shape index (κ3) is 7.43. The molecule has 9 heteroatoms. The van der Waals surface area contributed by atoms with Crippen LogP contribution in [0.2, 0.25) is 5.02 Å². The molecule has 1 atom stereocenters. The summed E-state index contributed by atoms with van der Waals surface area (Å²) in [6.45, 7) is 3.23. The lowest BCUT2D eigenvalue weighted by molar-refractivity contribution is -0.139. The smallest absolute Gasteiger partial charge is 0.264 e. The van der Waals surface area contributed by atoms with Crippen molar-refractivity contribution in [3.05, 3.63) is 95.0 Å². The van der Waals surface area contributed by atoms with Gasteiger partial charge < -0.3 is 10.2 Å². The molecule has 0 aromatic heterocycles. The van der Waals surface area contributed by atoms with Crippen LogP contribution in [0.4, 0.5) is 5.69 Å². The summed E-state index contributed by atoms with van der Waals surface area (Å²) >= 11 is 6.23. The van der Waals surface area contributed by atoms with Gasteiger partial charge in [-0.1, -0.05) is 85.0 Å². The molecule has 3 aromatic carbocycles. The first-order valence-corrected chi connectivity index (χ1v) is 15.5. The topological polar surface area (TPSA) is 86.8 Å². The molecule has 0 bridgehead atoms. The highest BCUT2D eigenvalue weighted by molar-refractivity contribution is 7.92. The molecule has 3 aromatic rings. The number of anilines is 1. The highest BCUT2D eigenvalue weighted by atomic mass is 35.5.